The number of aliphatic hydroxyl groups is 2. The Morgan fingerprint density at radius 1 is 0.625 bits per heavy atom. The fourth-order valence-corrected chi connectivity index (χ4v) is 5.62. The number of rotatable bonds is 10. The molecule has 0 saturated carbocycles. The molecule has 0 aliphatic heterocycles. The Kier molecular flexibility index (Phi) is 17.5. The van der Waals surface area contributed by atoms with Crippen LogP contribution in [0.15, 0.2) is 130 Å². The molecule has 0 fully saturated rings. The van der Waals surface area contributed by atoms with E-state index in [0.29, 0.717) is 24.0 Å². The fraction of sp³-hybridized carbons (Fsp3) is 0.429. The minimum atomic E-state index is -0.907. The van der Waals surface area contributed by atoms with Crippen molar-refractivity contribution in [2.75, 3.05) is 12.5 Å². The molecule has 2 rings (SSSR count). The van der Waals surface area contributed by atoms with E-state index in [-0.39, 0.29) is 22.4 Å². The second-order valence-corrected chi connectivity index (χ2v) is 15.7. The molecule has 0 saturated heterocycles. The second kappa shape index (κ2) is 19.6. The number of hydrogen-bond acceptors (Lipinski definition) is 5. The molecule has 2 N–H and O–H groups in total. The summed E-state index contributed by atoms with van der Waals surface area (Å²) in [4.78, 5) is 24.5. The zero-order chi connectivity index (χ0) is 36.8. The lowest BCUT2D eigenvalue weighted by Crippen LogP contribution is -2.35. The molecular formula is C42H58O5S. The normalized spacial score (nSPS) is 23.2. The van der Waals surface area contributed by atoms with Crippen molar-refractivity contribution in [3.8, 4) is 0 Å². The van der Waals surface area contributed by atoms with Crippen molar-refractivity contribution < 1.29 is 24.4 Å². The lowest BCUT2D eigenvalue weighted by atomic mass is 9.71. The van der Waals surface area contributed by atoms with Gasteiger partial charge in [-0.2, -0.15) is 0 Å². The van der Waals surface area contributed by atoms with E-state index in [1.807, 2.05) is 74.6 Å². The minimum Gasteiger partial charge on any atom is -0.617 e. The predicted molar refractivity (Wildman–Crippen MR) is 205 cm³/mol. The molecular weight excluding hydrogens is 617 g/mol. The van der Waals surface area contributed by atoms with Crippen molar-refractivity contribution in [2.24, 2.45) is 10.8 Å². The summed E-state index contributed by atoms with van der Waals surface area (Å²) in [5, 5.41) is 20.0. The van der Waals surface area contributed by atoms with Crippen LogP contribution in [0.4, 0.5) is 0 Å². The van der Waals surface area contributed by atoms with E-state index >= 15 is 0 Å². The molecule has 2 aliphatic rings. The summed E-state index contributed by atoms with van der Waals surface area (Å²) < 4.78 is 9.56. The number of carbonyl (C=O) groups is 2. The molecule has 0 aromatic rings. The molecule has 2 unspecified atom stereocenters. The number of allylic oxidation sites excluding steroid dienone is 20. The third-order valence-electron chi connectivity index (χ3n) is 8.31. The predicted octanol–water partition coefficient (Wildman–Crippen LogP) is 8.90. The lowest BCUT2D eigenvalue weighted by Gasteiger charge is -2.34. The van der Waals surface area contributed by atoms with Gasteiger partial charge in [0.2, 0.25) is 0 Å². The number of hydrogen-bond donors (Lipinski definition) is 2. The molecule has 0 radical (unpaired) electrons. The first-order valence-corrected chi connectivity index (χ1v) is 18.4. The van der Waals surface area contributed by atoms with E-state index in [1.165, 1.54) is 0 Å². The number of Topliss-reactive ketones (excluding diaryl/α,β-unsaturated/α-hetero) is 2. The highest BCUT2D eigenvalue weighted by Gasteiger charge is 2.37. The Morgan fingerprint density at radius 2 is 0.896 bits per heavy atom. The second-order valence-electron chi connectivity index (χ2n) is 14.2. The average molecular weight is 675 g/mol. The van der Waals surface area contributed by atoms with Crippen molar-refractivity contribution in [1.29, 1.82) is 0 Å². The highest BCUT2D eigenvalue weighted by molar-refractivity contribution is 7.89. The molecule has 0 heterocycles. The maximum Gasteiger partial charge on any atom is 0.187 e. The SMILES string of the molecule is CC1=C(/C=C/C(C)=C/C=C/C(C)=C/C=C/C=C(C)/C=C/C=C(C)/C=C/C2=C(C)C(=O)C(O)CC2(C)C)C(C)(C)CC(O)C1=O.C[S+](C)[O-]. The Balaban J connectivity index is 0.00000272. The zero-order valence-electron chi connectivity index (χ0n) is 31.2. The molecule has 48 heavy (non-hydrogen) atoms. The van der Waals surface area contributed by atoms with Gasteiger partial charge in [-0.05, 0) is 87.5 Å². The quantitative estimate of drug-likeness (QED) is 0.178. The summed E-state index contributed by atoms with van der Waals surface area (Å²) in [5.41, 5.74) is 7.16. The topological polar surface area (TPSA) is 97.7 Å². The zero-order valence-corrected chi connectivity index (χ0v) is 32.0. The highest BCUT2D eigenvalue weighted by Crippen LogP contribution is 2.40. The first-order valence-electron chi connectivity index (χ1n) is 16.4. The molecule has 2 atom stereocenters. The third-order valence-corrected chi connectivity index (χ3v) is 8.31. The maximum atomic E-state index is 12.2. The number of ketones is 2. The summed E-state index contributed by atoms with van der Waals surface area (Å²) in [7, 11) is 0. The van der Waals surface area contributed by atoms with E-state index in [0.717, 1.165) is 33.4 Å². The Hall–Kier alpha value is -3.29. The summed E-state index contributed by atoms with van der Waals surface area (Å²) in [5.74, 6) is -0.350. The van der Waals surface area contributed by atoms with E-state index in [1.54, 1.807) is 26.4 Å². The lowest BCUT2D eigenvalue weighted by molar-refractivity contribution is -0.126. The van der Waals surface area contributed by atoms with Gasteiger partial charge in [-0.3, -0.25) is 9.59 Å². The van der Waals surface area contributed by atoms with Crippen LogP contribution in [0, 0.1) is 10.8 Å². The van der Waals surface area contributed by atoms with Crippen LogP contribution in [-0.2, 0) is 20.8 Å². The van der Waals surface area contributed by atoms with Crippen LogP contribution in [0.2, 0.25) is 0 Å². The molecule has 0 aromatic carbocycles. The van der Waals surface area contributed by atoms with Crippen molar-refractivity contribution in [1.82, 2.24) is 0 Å². The van der Waals surface area contributed by atoms with Gasteiger partial charge in [0.1, 0.15) is 12.2 Å². The van der Waals surface area contributed by atoms with Crippen LogP contribution in [-0.4, -0.2) is 51.1 Å². The minimum absolute atomic E-state index is 0.175. The third kappa shape index (κ3) is 14.4. The summed E-state index contributed by atoms with van der Waals surface area (Å²) in [6.07, 6.45) is 30.8. The molecule has 0 amide bonds. The van der Waals surface area contributed by atoms with Gasteiger partial charge in [0.15, 0.2) is 11.6 Å². The van der Waals surface area contributed by atoms with Gasteiger partial charge in [0, 0.05) is 0 Å². The van der Waals surface area contributed by atoms with E-state index in [2.05, 4.69) is 65.8 Å². The fourth-order valence-electron chi connectivity index (χ4n) is 5.62. The van der Waals surface area contributed by atoms with Gasteiger partial charge in [0.05, 0.1) is 12.5 Å². The maximum absolute atomic E-state index is 12.2. The molecule has 0 spiro atoms. The summed E-state index contributed by atoms with van der Waals surface area (Å²) in [6, 6.07) is 0. The number of carbonyl (C=O) groups excluding carboxylic acids is 2. The van der Waals surface area contributed by atoms with Crippen LogP contribution in [0.3, 0.4) is 0 Å². The van der Waals surface area contributed by atoms with Gasteiger partial charge in [-0.25, -0.2) is 0 Å². The first-order chi connectivity index (χ1) is 22.2. The van der Waals surface area contributed by atoms with Crippen LogP contribution in [0.5, 0.6) is 0 Å². The van der Waals surface area contributed by atoms with Gasteiger partial charge in [-0.1, -0.05) is 146 Å². The van der Waals surface area contributed by atoms with E-state index < -0.39 is 23.4 Å². The van der Waals surface area contributed by atoms with Crippen LogP contribution >= 0.6 is 0 Å². The largest absolute Gasteiger partial charge is 0.617 e. The molecule has 5 nitrogen and oxygen atoms in total. The Bertz CT molecular complexity index is 1400. The van der Waals surface area contributed by atoms with E-state index in [9.17, 15) is 24.4 Å². The van der Waals surface area contributed by atoms with Gasteiger partial charge >= 0.3 is 0 Å². The summed E-state index contributed by atoms with van der Waals surface area (Å²) >= 11 is -0.611. The first kappa shape index (κ1) is 42.7. The van der Waals surface area contributed by atoms with Gasteiger partial charge in [-0.15, -0.1) is 0 Å². The number of aliphatic hydroxyl groups excluding tert-OH is 2. The van der Waals surface area contributed by atoms with Crippen molar-refractivity contribution in [3.63, 3.8) is 0 Å². The smallest absolute Gasteiger partial charge is 0.187 e. The van der Waals surface area contributed by atoms with Crippen molar-refractivity contribution in [2.45, 2.75) is 94.3 Å². The molecule has 0 aromatic heterocycles. The van der Waals surface area contributed by atoms with Crippen molar-refractivity contribution in [3.05, 3.63) is 130 Å². The molecule has 262 valence electrons. The van der Waals surface area contributed by atoms with Crippen LogP contribution < -0.4 is 0 Å². The monoisotopic (exact) mass is 674 g/mol. The van der Waals surface area contributed by atoms with E-state index in [4.69, 9.17) is 0 Å². The van der Waals surface area contributed by atoms with Crippen molar-refractivity contribution >= 4 is 22.7 Å². The van der Waals surface area contributed by atoms with Gasteiger partial charge < -0.3 is 14.8 Å². The Morgan fingerprint density at radius 3 is 1.21 bits per heavy atom. The summed E-state index contributed by atoms with van der Waals surface area (Å²) in [6.45, 7) is 20.0. The molecule has 6 heteroatoms. The van der Waals surface area contributed by atoms with Crippen LogP contribution in [0.25, 0.3) is 0 Å². The standard InChI is InChI=1S/C40H52O4.C2H6OS/c1-27(17-13-19-29(3)21-23-33-31(5)37(43)35(41)25-39(33,7)8)15-11-12-16-28(2)18-14-20-30(4)22-24-34-32(6)38(44)36(42)26-40(34,9)10;1-4(2)3/h11-24,35-36,41-42H,25-26H2,1-10H3;1-2H3/b12-11+,17-13+,18-14+,23-21+,24-22+,27-15+,28-16+,29-19+,30-20+;. The molecule has 2 aliphatic carbocycles. The highest BCUT2D eigenvalue weighted by atomic mass is 32.2. The van der Waals surface area contributed by atoms with Gasteiger partial charge in [0.25, 0.3) is 0 Å². The average Bonchev–Trinajstić information content (AvgIpc) is 2.96. The Labute approximate surface area is 293 Å². The molecule has 0 bridgehead atoms. The van der Waals surface area contributed by atoms with Crippen LogP contribution in [0.1, 0.15) is 82.1 Å².